The van der Waals surface area contributed by atoms with Crippen LogP contribution in [-0.2, 0) is 6.18 Å². The van der Waals surface area contributed by atoms with Gasteiger partial charge < -0.3 is 10.6 Å². The summed E-state index contributed by atoms with van der Waals surface area (Å²) < 4.78 is 40.8. The lowest BCUT2D eigenvalue weighted by Crippen LogP contribution is -2.31. The van der Waals surface area contributed by atoms with Crippen LogP contribution in [0, 0.1) is 0 Å². The molecular weight excluding hydrogens is 427 g/mol. The normalized spacial score (nSPS) is 16.1. The van der Waals surface area contributed by atoms with Crippen molar-refractivity contribution in [1.29, 1.82) is 0 Å². The number of alkyl halides is 3. The number of carbonyl (C=O) groups excluding carboxylic acids is 1. The molecule has 0 fully saturated rings. The van der Waals surface area contributed by atoms with Crippen LogP contribution >= 0.6 is 11.8 Å². The molecule has 31 heavy (non-hydrogen) atoms. The Balaban J connectivity index is 1.49. The molecule has 0 aliphatic carbocycles. The Morgan fingerprint density at radius 3 is 2.81 bits per heavy atom. The molecule has 2 aromatic heterocycles. The number of halogens is 3. The molecule has 2 N–H and O–H groups in total. The van der Waals surface area contributed by atoms with E-state index in [-0.39, 0.29) is 11.9 Å². The molecule has 1 amide bonds. The Morgan fingerprint density at radius 1 is 1.23 bits per heavy atom. The summed E-state index contributed by atoms with van der Waals surface area (Å²) in [6, 6.07) is 8.49. The maximum Gasteiger partial charge on any atom is 0.416 e. The number of nitrogen functional groups attached to an aromatic ring is 1. The molecule has 1 atom stereocenters. The molecule has 0 radical (unpaired) electrons. The van der Waals surface area contributed by atoms with E-state index in [1.54, 1.807) is 47.1 Å². The van der Waals surface area contributed by atoms with Gasteiger partial charge in [-0.1, -0.05) is 6.07 Å². The van der Waals surface area contributed by atoms with Crippen LogP contribution in [0.2, 0.25) is 0 Å². The van der Waals surface area contributed by atoms with Crippen LogP contribution in [-0.4, -0.2) is 38.0 Å². The average molecular weight is 443 g/mol. The molecule has 4 aromatic rings. The molecule has 1 aliphatic rings. The summed E-state index contributed by atoms with van der Waals surface area (Å²) >= 11 is 1.32. The van der Waals surface area contributed by atoms with E-state index in [4.69, 9.17) is 5.73 Å². The van der Waals surface area contributed by atoms with Crippen LogP contribution in [0.1, 0.15) is 27.5 Å². The van der Waals surface area contributed by atoms with Gasteiger partial charge in [0.2, 0.25) is 0 Å². The topological polar surface area (TPSA) is 76.5 Å². The van der Waals surface area contributed by atoms with Gasteiger partial charge >= 0.3 is 6.18 Å². The Bertz CT molecular complexity index is 1350. The second-order valence-corrected chi connectivity index (χ2v) is 8.40. The maximum atomic E-state index is 13.2. The van der Waals surface area contributed by atoms with E-state index in [1.165, 1.54) is 17.8 Å². The zero-order valence-corrected chi connectivity index (χ0v) is 17.0. The molecule has 0 bridgehead atoms. The highest BCUT2D eigenvalue weighted by atomic mass is 32.2. The summed E-state index contributed by atoms with van der Waals surface area (Å²) in [4.78, 5) is 23.8. The first-order valence-electron chi connectivity index (χ1n) is 9.36. The zero-order valence-electron chi connectivity index (χ0n) is 16.2. The highest BCUT2D eigenvalue weighted by Crippen LogP contribution is 2.44. The number of nitrogens with zero attached hydrogens (tertiary/aromatic N) is 4. The van der Waals surface area contributed by atoms with Gasteiger partial charge in [0.15, 0.2) is 0 Å². The number of thioether (sulfide) groups is 1. The van der Waals surface area contributed by atoms with Crippen molar-refractivity contribution in [3.63, 3.8) is 0 Å². The number of anilines is 1. The lowest BCUT2D eigenvalue weighted by atomic mass is 10.0. The third-order valence-corrected chi connectivity index (χ3v) is 6.66. The minimum absolute atomic E-state index is 0.231. The summed E-state index contributed by atoms with van der Waals surface area (Å²) in [6.07, 6.45) is -1.18. The van der Waals surface area contributed by atoms with Crippen molar-refractivity contribution >= 4 is 40.0 Å². The lowest BCUT2D eigenvalue weighted by Gasteiger charge is -2.25. The monoisotopic (exact) mass is 443 g/mol. The summed E-state index contributed by atoms with van der Waals surface area (Å²) in [5.41, 5.74) is 8.41. The van der Waals surface area contributed by atoms with Gasteiger partial charge in [0.05, 0.1) is 35.2 Å². The predicted octanol–water partition coefficient (Wildman–Crippen LogP) is 4.40. The Kier molecular flexibility index (Phi) is 4.37. The number of hydrogen-bond donors (Lipinski definition) is 1. The van der Waals surface area contributed by atoms with Gasteiger partial charge in [-0.15, -0.1) is 11.8 Å². The molecular formula is C21H16F3N5OS. The first-order valence-corrected chi connectivity index (χ1v) is 10.3. The van der Waals surface area contributed by atoms with Crippen LogP contribution in [0.5, 0.6) is 0 Å². The smallest absolute Gasteiger partial charge is 0.382 e. The molecule has 2 aromatic carbocycles. The average Bonchev–Trinajstić information content (AvgIpc) is 3.39. The molecule has 158 valence electrons. The first-order chi connectivity index (χ1) is 14.7. The van der Waals surface area contributed by atoms with E-state index in [2.05, 4.69) is 9.97 Å². The second kappa shape index (κ2) is 6.88. The fraction of sp³-hybridized carbons (Fsp3) is 0.190. The quantitative estimate of drug-likeness (QED) is 0.497. The van der Waals surface area contributed by atoms with E-state index in [0.717, 1.165) is 17.7 Å². The minimum Gasteiger partial charge on any atom is -0.382 e. The lowest BCUT2D eigenvalue weighted by molar-refractivity contribution is -0.137. The molecule has 1 aliphatic heterocycles. The van der Waals surface area contributed by atoms with Crippen LogP contribution in [0.3, 0.4) is 0 Å². The molecule has 3 heterocycles. The van der Waals surface area contributed by atoms with Gasteiger partial charge in [0.25, 0.3) is 5.91 Å². The Hall–Kier alpha value is -3.27. The number of rotatable bonds is 2. The van der Waals surface area contributed by atoms with Crippen LogP contribution in [0.25, 0.3) is 16.6 Å². The van der Waals surface area contributed by atoms with Crippen LogP contribution in [0.4, 0.5) is 19.0 Å². The van der Waals surface area contributed by atoms with Gasteiger partial charge in [0.1, 0.15) is 11.3 Å². The van der Waals surface area contributed by atoms with E-state index in [1.807, 2.05) is 0 Å². The second-order valence-electron chi connectivity index (χ2n) is 7.34. The van der Waals surface area contributed by atoms with Crippen molar-refractivity contribution in [2.24, 2.45) is 0 Å². The number of amides is 1. The van der Waals surface area contributed by atoms with E-state index in [9.17, 15) is 18.0 Å². The predicted molar refractivity (Wildman–Crippen MR) is 112 cm³/mol. The largest absolute Gasteiger partial charge is 0.416 e. The number of imidazole rings is 1. The summed E-state index contributed by atoms with van der Waals surface area (Å²) in [5, 5.41) is 0. The molecule has 0 spiro atoms. The Morgan fingerprint density at radius 2 is 2.03 bits per heavy atom. The SMILES string of the molecule is CN(C(=O)c1ccc2nc(N)c3cncn3c2c1)[C@@H]1CSc2cc(C(F)(F)F)ccc21. The summed E-state index contributed by atoms with van der Waals surface area (Å²) in [5.74, 6) is 0.611. The number of aromatic nitrogens is 3. The van der Waals surface area contributed by atoms with Crippen LogP contribution in [0.15, 0.2) is 53.8 Å². The van der Waals surface area contributed by atoms with E-state index in [0.29, 0.717) is 38.6 Å². The fourth-order valence-corrected chi connectivity index (χ4v) is 5.16. The van der Waals surface area contributed by atoms with E-state index < -0.39 is 11.7 Å². The van der Waals surface area contributed by atoms with Crippen molar-refractivity contribution in [2.75, 3.05) is 18.5 Å². The number of hydrogen-bond acceptors (Lipinski definition) is 5. The first kappa shape index (κ1) is 19.7. The van der Waals surface area contributed by atoms with Crippen molar-refractivity contribution in [1.82, 2.24) is 19.3 Å². The van der Waals surface area contributed by atoms with Crippen LogP contribution < -0.4 is 5.73 Å². The van der Waals surface area contributed by atoms with E-state index >= 15 is 0 Å². The zero-order chi connectivity index (χ0) is 21.9. The third-order valence-electron chi connectivity index (χ3n) is 5.51. The number of carbonyl (C=O) groups is 1. The minimum atomic E-state index is -4.39. The van der Waals surface area contributed by atoms with Crippen molar-refractivity contribution in [3.05, 3.63) is 65.6 Å². The number of nitrogens with two attached hydrogens (primary N) is 1. The molecule has 6 nitrogen and oxygen atoms in total. The maximum absolute atomic E-state index is 13.2. The third kappa shape index (κ3) is 3.18. The molecule has 0 saturated heterocycles. The summed E-state index contributed by atoms with van der Waals surface area (Å²) in [7, 11) is 1.67. The van der Waals surface area contributed by atoms with Gasteiger partial charge in [-0.2, -0.15) is 13.2 Å². The molecule has 0 unspecified atom stereocenters. The fourth-order valence-electron chi connectivity index (χ4n) is 3.84. The van der Waals surface area contributed by atoms with Gasteiger partial charge in [0, 0.05) is 23.3 Å². The van der Waals surface area contributed by atoms with Crippen molar-refractivity contribution < 1.29 is 18.0 Å². The highest BCUT2D eigenvalue weighted by Gasteiger charge is 2.35. The van der Waals surface area contributed by atoms with Crippen molar-refractivity contribution in [3.8, 4) is 0 Å². The number of benzene rings is 2. The number of fused-ring (bicyclic) bond motifs is 4. The highest BCUT2D eigenvalue weighted by molar-refractivity contribution is 7.99. The molecule has 10 heteroatoms. The molecule has 5 rings (SSSR count). The van der Waals surface area contributed by atoms with Gasteiger partial charge in [-0.3, -0.25) is 9.20 Å². The van der Waals surface area contributed by atoms with Gasteiger partial charge in [-0.25, -0.2) is 9.97 Å². The Labute approximate surface area is 178 Å². The standard InChI is InChI=1S/C21H16F3N5OS/c1-28(17-9-31-18-7-12(21(22,23)24)3-4-13(17)18)20(30)11-2-5-14-15(6-11)29-10-26-8-16(29)19(25)27-14/h2-8,10,17H,9H2,1H3,(H2,25,27)/t17-/m1/s1. The summed E-state index contributed by atoms with van der Waals surface area (Å²) in [6.45, 7) is 0. The van der Waals surface area contributed by atoms with Crippen molar-refractivity contribution in [2.45, 2.75) is 17.1 Å². The molecule has 0 saturated carbocycles. The van der Waals surface area contributed by atoms with Gasteiger partial charge in [-0.05, 0) is 35.9 Å².